The molecule has 0 fully saturated rings. The second-order valence-electron chi connectivity index (χ2n) is 3.33. The van der Waals surface area contributed by atoms with E-state index in [2.05, 4.69) is 12.0 Å². The Hall–Kier alpha value is -0.730. The summed E-state index contributed by atoms with van der Waals surface area (Å²) >= 11 is 11.8. The molecule has 0 saturated heterocycles. The summed E-state index contributed by atoms with van der Waals surface area (Å²) in [7, 11) is 0. The number of rotatable bonds is 1. The zero-order valence-electron chi connectivity index (χ0n) is 7.74. The van der Waals surface area contributed by atoms with E-state index in [1.807, 2.05) is 23.4 Å². The second kappa shape index (κ2) is 3.79. The van der Waals surface area contributed by atoms with E-state index < -0.39 is 0 Å². The smallest absolute Gasteiger partial charge is 0.0613 e. The fourth-order valence-electron chi connectivity index (χ4n) is 1.45. The van der Waals surface area contributed by atoms with Gasteiger partial charge in [-0.1, -0.05) is 23.2 Å². The average Bonchev–Trinajstić information content (AvgIpc) is 2.57. The van der Waals surface area contributed by atoms with E-state index in [9.17, 15) is 0 Å². The molecule has 0 bridgehead atoms. The molecule has 1 aromatic rings. The van der Waals surface area contributed by atoms with Gasteiger partial charge in [-0.3, -0.25) is 5.01 Å². The van der Waals surface area contributed by atoms with Crippen molar-refractivity contribution in [3.63, 3.8) is 0 Å². The number of hydrogen-bond donors (Lipinski definition) is 0. The van der Waals surface area contributed by atoms with Crippen molar-refractivity contribution in [1.82, 2.24) is 0 Å². The average molecular weight is 229 g/mol. The first-order valence-electron chi connectivity index (χ1n) is 4.45. The number of nitrogens with zero attached hydrogens (tertiary/aromatic N) is 2. The molecule has 0 radical (unpaired) electrons. The minimum absolute atomic E-state index is 0.396. The maximum atomic E-state index is 5.93. The summed E-state index contributed by atoms with van der Waals surface area (Å²) in [6.45, 7) is 2.12. The number of anilines is 1. The monoisotopic (exact) mass is 228 g/mol. The second-order valence-corrected chi connectivity index (χ2v) is 4.14. The van der Waals surface area contributed by atoms with Crippen LogP contribution in [0.3, 0.4) is 0 Å². The molecule has 2 rings (SSSR count). The molecule has 1 heterocycles. The van der Waals surface area contributed by atoms with Gasteiger partial charge in [0.25, 0.3) is 0 Å². The van der Waals surface area contributed by atoms with Crippen LogP contribution in [-0.2, 0) is 0 Å². The van der Waals surface area contributed by atoms with Crippen molar-refractivity contribution in [2.24, 2.45) is 5.10 Å². The maximum absolute atomic E-state index is 5.93. The third-order valence-corrected chi connectivity index (χ3v) is 2.98. The molecule has 0 saturated carbocycles. The highest BCUT2D eigenvalue weighted by Gasteiger charge is 2.17. The van der Waals surface area contributed by atoms with Gasteiger partial charge in [-0.25, -0.2) is 0 Å². The van der Waals surface area contributed by atoms with Crippen molar-refractivity contribution >= 4 is 35.1 Å². The van der Waals surface area contributed by atoms with E-state index in [0.717, 1.165) is 12.1 Å². The SMILES string of the molecule is CC1CC=NN1c1ccc(Cl)c(Cl)c1. The number of halogens is 2. The Bertz CT molecular complexity index is 376. The third-order valence-electron chi connectivity index (χ3n) is 2.24. The lowest BCUT2D eigenvalue weighted by Gasteiger charge is -2.20. The summed E-state index contributed by atoms with van der Waals surface area (Å²) in [5.41, 5.74) is 0.987. The Labute approximate surface area is 93.1 Å². The summed E-state index contributed by atoms with van der Waals surface area (Å²) < 4.78 is 0. The van der Waals surface area contributed by atoms with Crippen molar-refractivity contribution in [3.05, 3.63) is 28.2 Å². The van der Waals surface area contributed by atoms with Gasteiger partial charge in [0.1, 0.15) is 0 Å². The quantitative estimate of drug-likeness (QED) is 0.718. The molecule has 0 N–H and O–H groups in total. The van der Waals surface area contributed by atoms with Crippen LogP contribution in [0.15, 0.2) is 23.3 Å². The molecule has 1 aliphatic rings. The first-order valence-corrected chi connectivity index (χ1v) is 5.21. The molecule has 4 heteroatoms. The fraction of sp³-hybridized carbons (Fsp3) is 0.300. The Balaban J connectivity index is 2.32. The van der Waals surface area contributed by atoms with Gasteiger partial charge in [-0.05, 0) is 25.1 Å². The summed E-state index contributed by atoms with van der Waals surface area (Å²) in [6, 6.07) is 5.95. The maximum Gasteiger partial charge on any atom is 0.0613 e. The van der Waals surface area contributed by atoms with Gasteiger partial charge in [0, 0.05) is 12.6 Å². The number of hydrazone groups is 1. The molecule has 1 unspecified atom stereocenters. The van der Waals surface area contributed by atoms with Crippen LogP contribution < -0.4 is 5.01 Å². The summed E-state index contributed by atoms with van der Waals surface area (Å²) in [6.07, 6.45) is 2.88. The minimum Gasteiger partial charge on any atom is -0.263 e. The summed E-state index contributed by atoms with van der Waals surface area (Å²) in [5, 5.41) is 7.35. The van der Waals surface area contributed by atoms with Crippen molar-refractivity contribution in [1.29, 1.82) is 0 Å². The van der Waals surface area contributed by atoms with Crippen LogP contribution in [0.5, 0.6) is 0 Å². The minimum atomic E-state index is 0.396. The van der Waals surface area contributed by atoms with Crippen LogP contribution >= 0.6 is 23.2 Å². The predicted molar refractivity (Wildman–Crippen MR) is 61.5 cm³/mol. The molecule has 14 heavy (non-hydrogen) atoms. The largest absolute Gasteiger partial charge is 0.263 e. The van der Waals surface area contributed by atoms with Crippen LogP contribution in [0.1, 0.15) is 13.3 Å². The van der Waals surface area contributed by atoms with E-state index in [-0.39, 0.29) is 0 Å². The van der Waals surface area contributed by atoms with Crippen molar-refractivity contribution in [2.75, 3.05) is 5.01 Å². The van der Waals surface area contributed by atoms with E-state index >= 15 is 0 Å². The van der Waals surface area contributed by atoms with Crippen LogP contribution in [0.2, 0.25) is 10.0 Å². The zero-order chi connectivity index (χ0) is 10.1. The highest BCUT2D eigenvalue weighted by molar-refractivity contribution is 6.42. The molecule has 0 aliphatic carbocycles. The Morgan fingerprint density at radius 1 is 1.36 bits per heavy atom. The molecule has 74 valence electrons. The van der Waals surface area contributed by atoms with E-state index in [1.165, 1.54) is 0 Å². The lowest BCUT2D eigenvalue weighted by Crippen LogP contribution is -2.22. The Morgan fingerprint density at radius 3 is 2.71 bits per heavy atom. The summed E-state index contributed by atoms with van der Waals surface area (Å²) in [4.78, 5) is 0. The molecular weight excluding hydrogens is 219 g/mol. The molecular formula is C10H10Cl2N2. The van der Waals surface area contributed by atoms with Crippen LogP contribution in [0.4, 0.5) is 5.69 Å². The Kier molecular flexibility index (Phi) is 2.66. The normalized spacial score (nSPS) is 20.5. The van der Waals surface area contributed by atoms with Gasteiger partial charge in [-0.15, -0.1) is 0 Å². The van der Waals surface area contributed by atoms with Crippen LogP contribution in [0.25, 0.3) is 0 Å². The lowest BCUT2D eigenvalue weighted by atomic mass is 10.2. The van der Waals surface area contributed by atoms with Gasteiger partial charge >= 0.3 is 0 Å². The van der Waals surface area contributed by atoms with E-state index in [4.69, 9.17) is 23.2 Å². The van der Waals surface area contributed by atoms with Crippen LogP contribution in [-0.4, -0.2) is 12.3 Å². The van der Waals surface area contributed by atoms with E-state index in [0.29, 0.717) is 16.1 Å². The fourth-order valence-corrected chi connectivity index (χ4v) is 1.74. The number of hydrogen-bond acceptors (Lipinski definition) is 2. The van der Waals surface area contributed by atoms with Crippen molar-refractivity contribution in [3.8, 4) is 0 Å². The van der Waals surface area contributed by atoms with Gasteiger partial charge in [-0.2, -0.15) is 5.10 Å². The number of benzene rings is 1. The first kappa shape index (κ1) is 9.81. The molecule has 0 amide bonds. The van der Waals surface area contributed by atoms with Gasteiger partial charge in [0.15, 0.2) is 0 Å². The predicted octanol–water partition coefficient (Wildman–Crippen LogP) is 3.58. The summed E-state index contributed by atoms with van der Waals surface area (Å²) in [5.74, 6) is 0. The van der Waals surface area contributed by atoms with Gasteiger partial charge in [0.2, 0.25) is 0 Å². The molecule has 0 spiro atoms. The molecule has 1 aromatic carbocycles. The first-order chi connectivity index (χ1) is 6.68. The highest BCUT2D eigenvalue weighted by Crippen LogP contribution is 2.29. The van der Waals surface area contributed by atoms with Crippen molar-refractivity contribution in [2.45, 2.75) is 19.4 Å². The zero-order valence-corrected chi connectivity index (χ0v) is 9.26. The lowest BCUT2D eigenvalue weighted by molar-refractivity contribution is 0.724. The molecule has 1 aliphatic heterocycles. The van der Waals surface area contributed by atoms with Gasteiger partial charge in [0.05, 0.1) is 21.8 Å². The topological polar surface area (TPSA) is 15.6 Å². The van der Waals surface area contributed by atoms with Crippen LogP contribution in [0, 0.1) is 0 Å². The van der Waals surface area contributed by atoms with E-state index in [1.54, 1.807) is 6.07 Å². The molecule has 1 atom stereocenters. The van der Waals surface area contributed by atoms with Crippen molar-refractivity contribution < 1.29 is 0 Å². The highest BCUT2D eigenvalue weighted by atomic mass is 35.5. The third kappa shape index (κ3) is 1.72. The standard InChI is InChI=1S/C10H10Cl2N2/c1-7-4-5-13-14(7)8-2-3-9(11)10(12)6-8/h2-3,5-7H,4H2,1H3. The molecule has 0 aromatic heterocycles. The molecule has 2 nitrogen and oxygen atoms in total. The Morgan fingerprint density at radius 2 is 2.14 bits per heavy atom. The van der Waals surface area contributed by atoms with Gasteiger partial charge < -0.3 is 0 Å².